The summed E-state index contributed by atoms with van der Waals surface area (Å²) in [7, 11) is 0. The van der Waals surface area contributed by atoms with Gasteiger partial charge < -0.3 is 4.74 Å². The van der Waals surface area contributed by atoms with Gasteiger partial charge in [-0.15, -0.1) is 0 Å². The fraction of sp³-hybridized carbons (Fsp3) is 0.300. The van der Waals surface area contributed by atoms with Crippen molar-refractivity contribution in [1.82, 2.24) is 0 Å². The molecule has 1 aliphatic heterocycles. The first-order chi connectivity index (χ1) is 6.29. The molecule has 1 aromatic rings. The SMILES string of the molecule is N#Cc1cc(F)c2c(c1)C1CC1O2. The van der Waals surface area contributed by atoms with Crippen LogP contribution >= 0.6 is 0 Å². The van der Waals surface area contributed by atoms with Crippen molar-refractivity contribution in [3.8, 4) is 11.8 Å². The number of halogens is 1. The molecule has 0 N–H and O–H groups in total. The first-order valence-electron chi connectivity index (χ1n) is 4.20. The van der Waals surface area contributed by atoms with Crippen molar-refractivity contribution in [2.45, 2.75) is 18.4 Å². The van der Waals surface area contributed by atoms with Crippen LogP contribution < -0.4 is 4.74 Å². The van der Waals surface area contributed by atoms with E-state index in [1.807, 2.05) is 6.07 Å². The summed E-state index contributed by atoms with van der Waals surface area (Å²) < 4.78 is 18.6. The molecule has 2 nitrogen and oxygen atoms in total. The highest BCUT2D eigenvalue weighted by Crippen LogP contribution is 2.54. The lowest BCUT2D eigenvalue weighted by Gasteiger charge is -2.04. The Morgan fingerprint density at radius 1 is 1.54 bits per heavy atom. The van der Waals surface area contributed by atoms with Crippen molar-refractivity contribution < 1.29 is 9.13 Å². The molecule has 0 bridgehead atoms. The Morgan fingerprint density at radius 2 is 2.38 bits per heavy atom. The smallest absolute Gasteiger partial charge is 0.166 e. The van der Waals surface area contributed by atoms with Crippen molar-refractivity contribution in [2.24, 2.45) is 0 Å². The predicted octanol–water partition coefficient (Wildman–Crippen LogP) is 1.95. The summed E-state index contributed by atoms with van der Waals surface area (Å²) in [5, 5.41) is 8.64. The molecule has 1 heterocycles. The number of benzene rings is 1. The van der Waals surface area contributed by atoms with Crippen LogP contribution in [0.1, 0.15) is 23.5 Å². The molecule has 1 fully saturated rings. The third-order valence-electron chi connectivity index (χ3n) is 2.60. The lowest BCUT2D eigenvalue weighted by atomic mass is 10.1. The number of fused-ring (bicyclic) bond motifs is 3. The van der Waals surface area contributed by atoms with Gasteiger partial charge in [0.15, 0.2) is 11.6 Å². The normalized spacial score (nSPS) is 27.1. The first kappa shape index (κ1) is 6.90. The van der Waals surface area contributed by atoms with Gasteiger partial charge in [0.2, 0.25) is 0 Å². The third kappa shape index (κ3) is 0.803. The van der Waals surface area contributed by atoms with Crippen LogP contribution in [0.2, 0.25) is 0 Å². The topological polar surface area (TPSA) is 33.0 Å². The maximum absolute atomic E-state index is 13.3. The molecule has 1 aromatic carbocycles. The number of nitriles is 1. The van der Waals surface area contributed by atoms with E-state index in [4.69, 9.17) is 10.00 Å². The molecule has 0 amide bonds. The number of hydrogen-bond donors (Lipinski definition) is 0. The van der Waals surface area contributed by atoms with Gasteiger partial charge in [-0.25, -0.2) is 4.39 Å². The molecule has 2 aliphatic rings. The van der Waals surface area contributed by atoms with E-state index in [2.05, 4.69) is 0 Å². The Balaban J connectivity index is 2.22. The van der Waals surface area contributed by atoms with E-state index >= 15 is 0 Å². The maximum Gasteiger partial charge on any atom is 0.166 e. The van der Waals surface area contributed by atoms with Crippen molar-refractivity contribution in [3.63, 3.8) is 0 Å². The monoisotopic (exact) mass is 175 g/mol. The quantitative estimate of drug-likeness (QED) is 0.603. The van der Waals surface area contributed by atoms with Crippen LogP contribution in [-0.2, 0) is 0 Å². The van der Waals surface area contributed by atoms with E-state index in [1.165, 1.54) is 6.07 Å². The van der Waals surface area contributed by atoms with Crippen LogP contribution in [0.25, 0.3) is 0 Å². The van der Waals surface area contributed by atoms with Gasteiger partial charge >= 0.3 is 0 Å². The summed E-state index contributed by atoms with van der Waals surface area (Å²) in [6.45, 7) is 0. The molecular weight excluding hydrogens is 169 g/mol. The molecule has 1 aliphatic carbocycles. The van der Waals surface area contributed by atoms with E-state index in [1.54, 1.807) is 6.07 Å². The number of nitrogens with zero attached hydrogens (tertiary/aromatic N) is 1. The molecule has 3 heteroatoms. The lowest BCUT2D eigenvalue weighted by Crippen LogP contribution is -1.94. The van der Waals surface area contributed by atoms with Crippen LogP contribution in [0.15, 0.2) is 12.1 Å². The maximum atomic E-state index is 13.3. The summed E-state index contributed by atoms with van der Waals surface area (Å²) in [5.74, 6) is 0.305. The Morgan fingerprint density at radius 3 is 3.15 bits per heavy atom. The number of ether oxygens (including phenoxy) is 1. The number of hydrogen-bond acceptors (Lipinski definition) is 2. The molecule has 0 aromatic heterocycles. The summed E-state index contributed by atoms with van der Waals surface area (Å²) in [6, 6.07) is 4.90. The van der Waals surface area contributed by atoms with Gasteiger partial charge in [-0.2, -0.15) is 5.26 Å². The minimum atomic E-state index is -0.402. The molecule has 13 heavy (non-hydrogen) atoms. The van der Waals surface area contributed by atoms with E-state index in [9.17, 15) is 4.39 Å². The molecule has 1 saturated carbocycles. The van der Waals surface area contributed by atoms with Crippen LogP contribution in [0.5, 0.6) is 5.75 Å². The zero-order valence-electron chi connectivity index (χ0n) is 6.75. The fourth-order valence-corrected chi connectivity index (χ4v) is 1.86. The van der Waals surface area contributed by atoms with E-state index in [-0.39, 0.29) is 6.10 Å². The largest absolute Gasteiger partial charge is 0.486 e. The van der Waals surface area contributed by atoms with Crippen molar-refractivity contribution in [2.75, 3.05) is 0 Å². The molecular formula is C10H6FNO. The fourth-order valence-electron chi connectivity index (χ4n) is 1.86. The average molecular weight is 175 g/mol. The zero-order chi connectivity index (χ0) is 9.00. The Labute approximate surface area is 74.6 Å². The van der Waals surface area contributed by atoms with Crippen molar-refractivity contribution in [3.05, 3.63) is 29.1 Å². The zero-order valence-corrected chi connectivity index (χ0v) is 6.75. The molecule has 64 valence electrons. The van der Waals surface area contributed by atoms with Gasteiger partial charge in [-0.3, -0.25) is 0 Å². The van der Waals surface area contributed by atoms with E-state index < -0.39 is 5.82 Å². The van der Waals surface area contributed by atoms with Crippen molar-refractivity contribution >= 4 is 0 Å². The average Bonchev–Trinajstić information content (AvgIpc) is 2.81. The molecule has 0 radical (unpaired) electrons. The molecule has 2 unspecified atom stereocenters. The predicted molar refractivity (Wildman–Crippen MR) is 42.9 cm³/mol. The standard InChI is InChI=1S/C10H6FNO/c11-8-2-5(4-12)1-7-6-3-9(6)13-10(7)8/h1-2,6,9H,3H2. The minimum absolute atomic E-state index is 0.179. The molecule has 0 spiro atoms. The minimum Gasteiger partial charge on any atom is -0.486 e. The van der Waals surface area contributed by atoms with Gasteiger partial charge in [-0.05, 0) is 18.6 Å². The number of rotatable bonds is 0. The van der Waals surface area contributed by atoms with Gasteiger partial charge in [-0.1, -0.05) is 0 Å². The third-order valence-corrected chi connectivity index (χ3v) is 2.60. The summed E-state index contributed by atoms with van der Waals surface area (Å²) in [6.07, 6.45) is 1.15. The molecule has 2 atom stereocenters. The van der Waals surface area contributed by atoms with Crippen LogP contribution in [-0.4, -0.2) is 6.10 Å². The van der Waals surface area contributed by atoms with Gasteiger partial charge in [0.25, 0.3) is 0 Å². The highest BCUT2D eigenvalue weighted by molar-refractivity contribution is 5.51. The van der Waals surface area contributed by atoms with Crippen LogP contribution in [0.3, 0.4) is 0 Å². The van der Waals surface area contributed by atoms with Crippen LogP contribution in [0.4, 0.5) is 4.39 Å². The van der Waals surface area contributed by atoms with Crippen LogP contribution in [0, 0.1) is 17.1 Å². The van der Waals surface area contributed by atoms with Gasteiger partial charge in [0.05, 0.1) is 11.6 Å². The Hall–Kier alpha value is -1.56. The van der Waals surface area contributed by atoms with Gasteiger partial charge in [0.1, 0.15) is 6.10 Å². The second kappa shape index (κ2) is 2.02. The van der Waals surface area contributed by atoms with E-state index in [0.717, 1.165) is 12.0 Å². The highest BCUT2D eigenvalue weighted by Gasteiger charge is 2.49. The van der Waals surface area contributed by atoms with Crippen molar-refractivity contribution in [1.29, 1.82) is 5.26 Å². The van der Waals surface area contributed by atoms with Gasteiger partial charge in [0, 0.05) is 11.5 Å². The molecule has 0 saturated heterocycles. The first-order valence-corrected chi connectivity index (χ1v) is 4.20. The summed E-state index contributed by atoms with van der Waals surface area (Å²) in [5.41, 5.74) is 1.26. The second-order valence-corrected chi connectivity index (χ2v) is 3.49. The summed E-state index contributed by atoms with van der Waals surface area (Å²) in [4.78, 5) is 0. The second-order valence-electron chi connectivity index (χ2n) is 3.49. The molecule has 3 rings (SSSR count). The Kier molecular flexibility index (Phi) is 1.07. The summed E-state index contributed by atoms with van der Waals surface area (Å²) >= 11 is 0. The lowest BCUT2D eigenvalue weighted by molar-refractivity contribution is 0.303. The Bertz CT molecular complexity index is 435. The highest BCUT2D eigenvalue weighted by atomic mass is 19.1. The van der Waals surface area contributed by atoms with E-state index in [0.29, 0.717) is 17.2 Å².